The fourth-order valence-electron chi connectivity index (χ4n) is 3.25. The third-order valence-corrected chi connectivity index (χ3v) is 6.22. The average Bonchev–Trinajstić information content (AvgIpc) is 3.38. The van der Waals surface area contributed by atoms with Crippen LogP contribution in [0, 0.1) is 11.8 Å². The summed E-state index contributed by atoms with van der Waals surface area (Å²) in [5.74, 6) is 0.885. The van der Waals surface area contributed by atoms with Gasteiger partial charge in [-0.2, -0.15) is 8.42 Å². The van der Waals surface area contributed by atoms with Crippen molar-refractivity contribution in [3.8, 4) is 0 Å². The van der Waals surface area contributed by atoms with Crippen LogP contribution in [0.3, 0.4) is 0 Å². The Balaban J connectivity index is 1.42. The SMILES string of the molecule is O=C(OCC1CC1)C1CCN(C2=NS(=O)(=O)c3ccccc32)CC1. The normalized spacial score (nSPS) is 22.8. The van der Waals surface area contributed by atoms with E-state index in [0.717, 1.165) is 0 Å². The Bertz CT molecular complexity index is 791. The van der Waals surface area contributed by atoms with E-state index in [4.69, 9.17) is 4.74 Å². The summed E-state index contributed by atoms with van der Waals surface area (Å²) in [5.41, 5.74) is 0.659. The summed E-state index contributed by atoms with van der Waals surface area (Å²) in [5, 5.41) is 0. The summed E-state index contributed by atoms with van der Waals surface area (Å²) in [7, 11) is -3.59. The Labute approximate surface area is 141 Å². The van der Waals surface area contributed by atoms with Crippen molar-refractivity contribution in [1.29, 1.82) is 0 Å². The third kappa shape index (κ3) is 2.92. The zero-order valence-corrected chi connectivity index (χ0v) is 14.2. The number of piperidine rings is 1. The molecule has 0 N–H and O–H groups in total. The fourth-order valence-corrected chi connectivity index (χ4v) is 4.47. The zero-order chi connectivity index (χ0) is 16.7. The number of fused-ring (bicyclic) bond motifs is 1. The van der Waals surface area contributed by atoms with Crippen LogP contribution in [0.15, 0.2) is 33.6 Å². The molecule has 1 aromatic rings. The van der Waals surface area contributed by atoms with Gasteiger partial charge in [-0.15, -0.1) is 4.40 Å². The highest BCUT2D eigenvalue weighted by atomic mass is 32.2. The predicted octanol–water partition coefficient (Wildman–Crippen LogP) is 1.80. The molecule has 1 aromatic carbocycles. The smallest absolute Gasteiger partial charge is 0.309 e. The maximum Gasteiger partial charge on any atom is 0.309 e. The molecule has 128 valence electrons. The number of sulfonamides is 1. The number of hydrogen-bond acceptors (Lipinski definition) is 5. The van der Waals surface area contributed by atoms with Gasteiger partial charge in [-0.25, -0.2) is 0 Å². The van der Waals surface area contributed by atoms with E-state index >= 15 is 0 Å². The van der Waals surface area contributed by atoms with Crippen molar-refractivity contribution < 1.29 is 17.9 Å². The van der Waals surface area contributed by atoms with Gasteiger partial charge in [0.2, 0.25) is 0 Å². The lowest BCUT2D eigenvalue weighted by Gasteiger charge is -2.32. The van der Waals surface area contributed by atoms with Gasteiger partial charge in [0, 0.05) is 18.7 Å². The lowest BCUT2D eigenvalue weighted by Crippen LogP contribution is -2.40. The molecule has 0 amide bonds. The van der Waals surface area contributed by atoms with Crippen molar-refractivity contribution in [2.24, 2.45) is 16.2 Å². The van der Waals surface area contributed by atoms with E-state index in [1.807, 2.05) is 11.0 Å². The van der Waals surface area contributed by atoms with Crippen molar-refractivity contribution in [3.05, 3.63) is 29.8 Å². The molecule has 1 aliphatic carbocycles. The molecule has 3 aliphatic rings. The molecule has 7 heteroatoms. The molecule has 0 radical (unpaired) electrons. The van der Waals surface area contributed by atoms with Crippen LogP contribution in [0.25, 0.3) is 0 Å². The topological polar surface area (TPSA) is 76.0 Å². The van der Waals surface area contributed by atoms with Crippen molar-refractivity contribution in [1.82, 2.24) is 4.90 Å². The van der Waals surface area contributed by atoms with Gasteiger partial charge in [-0.05, 0) is 43.7 Å². The van der Waals surface area contributed by atoms with Gasteiger partial charge < -0.3 is 9.64 Å². The molecule has 0 atom stereocenters. The van der Waals surface area contributed by atoms with E-state index < -0.39 is 10.0 Å². The highest BCUT2D eigenvalue weighted by Crippen LogP contribution is 2.31. The number of amidine groups is 1. The number of ether oxygens (including phenoxy) is 1. The van der Waals surface area contributed by atoms with Crippen LogP contribution in [0.5, 0.6) is 0 Å². The monoisotopic (exact) mass is 348 g/mol. The highest BCUT2D eigenvalue weighted by molar-refractivity contribution is 7.90. The maximum absolute atomic E-state index is 12.1. The second kappa shape index (κ2) is 5.88. The first-order valence-corrected chi connectivity index (χ1v) is 9.84. The summed E-state index contributed by atoms with van der Waals surface area (Å²) < 4.78 is 33.6. The van der Waals surface area contributed by atoms with Gasteiger partial charge >= 0.3 is 5.97 Å². The number of carbonyl (C=O) groups is 1. The minimum atomic E-state index is -3.59. The van der Waals surface area contributed by atoms with Crippen LogP contribution >= 0.6 is 0 Å². The molecule has 1 saturated heterocycles. The molecular formula is C17H20N2O4S. The van der Waals surface area contributed by atoms with Crippen LogP contribution in [0.2, 0.25) is 0 Å². The van der Waals surface area contributed by atoms with Gasteiger partial charge in [-0.1, -0.05) is 12.1 Å². The first-order chi connectivity index (χ1) is 11.5. The largest absolute Gasteiger partial charge is 0.465 e. The second-order valence-corrected chi connectivity index (χ2v) is 8.29. The van der Waals surface area contributed by atoms with E-state index in [9.17, 15) is 13.2 Å². The van der Waals surface area contributed by atoms with Crippen LogP contribution in [0.4, 0.5) is 0 Å². The van der Waals surface area contributed by atoms with Crippen molar-refractivity contribution >= 4 is 21.8 Å². The lowest BCUT2D eigenvalue weighted by atomic mass is 9.96. The van der Waals surface area contributed by atoms with Crippen molar-refractivity contribution in [3.63, 3.8) is 0 Å². The van der Waals surface area contributed by atoms with Crippen LogP contribution in [-0.2, 0) is 19.6 Å². The molecular weight excluding hydrogens is 328 g/mol. The Kier molecular flexibility index (Phi) is 3.83. The number of likely N-dealkylation sites (tertiary alicyclic amines) is 1. The molecule has 2 heterocycles. The Morgan fingerprint density at radius 2 is 1.88 bits per heavy atom. The first kappa shape index (κ1) is 15.6. The van der Waals surface area contributed by atoms with Crippen molar-refractivity contribution in [2.45, 2.75) is 30.6 Å². The molecule has 0 aromatic heterocycles. The standard InChI is InChI=1S/C17H20N2O4S/c20-17(23-11-12-5-6-12)13-7-9-19(10-8-13)16-14-3-1-2-4-15(14)24(21,22)18-16/h1-4,12-13H,5-11H2. The molecule has 2 aliphatic heterocycles. The van der Waals surface area contributed by atoms with Crippen LogP contribution < -0.4 is 0 Å². The summed E-state index contributed by atoms with van der Waals surface area (Å²) in [6, 6.07) is 6.89. The molecule has 0 spiro atoms. The van der Waals surface area contributed by atoms with Crippen LogP contribution in [0.1, 0.15) is 31.2 Å². The second-order valence-electron chi connectivity index (χ2n) is 6.72. The minimum Gasteiger partial charge on any atom is -0.465 e. The van der Waals surface area contributed by atoms with Gasteiger partial charge in [0.1, 0.15) is 4.90 Å². The molecule has 1 saturated carbocycles. The Hall–Kier alpha value is -1.89. The quantitative estimate of drug-likeness (QED) is 0.779. The Morgan fingerprint density at radius 1 is 1.17 bits per heavy atom. The molecule has 2 fully saturated rings. The Morgan fingerprint density at radius 3 is 2.58 bits per heavy atom. The summed E-state index contributed by atoms with van der Waals surface area (Å²) in [6.45, 7) is 1.79. The number of nitrogens with zero attached hydrogens (tertiary/aromatic N) is 2. The van der Waals surface area contributed by atoms with E-state index in [1.54, 1.807) is 18.2 Å². The zero-order valence-electron chi connectivity index (χ0n) is 13.3. The van der Waals surface area contributed by atoms with Crippen molar-refractivity contribution in [2.75, 3.05) is 19.7 Å². The molecule has 24 heavy (non-hydrogen) atoms. The summed E-state index contributed by atoms with van der Waals surface area (Å²) in [6.07, 6.45) is 3.67. The predicted molar refractivity (Wildman–Crippen MR) is 88.1 cm³/mol. The first-order valence-electron chi connectivity index (χ1n) is 8.40. The molecule has 0 unspecified atom stereocenters. The number of benzene rings is 1. The fraction of sp³-hybridized carbons (Fsp3) is 0.529. The summed E-state index contributed by atoms with van der Waals surface area (Å²) >= 11 is 0. The molecule has 4 rings (SSSR count). The number of rotatable bonds is 3. The number of hydrogen-bond donors (Lipinski definition) is 0. The maximum atomic E-state index is 12.1. The van der Waals surface area contributed by atoms with Gasteiger partial charge in [0.15, 0.2) is 5.84 Å². The van der Waals surface area contributed by atoms with E-state index in [1.165, 1.54) is 12.8 Å². The van der Waals surface area contributed by atoms with E-state index in [2.05, 4.69) is 4.40 Å². The highest BCUT2D eigenvalue weighted by Gasteiger charge is 2.35. The molecule has 0 bridgehead atoms. The van der Waals surface area contributed by atoms with E-state index in [0.29, 0.717) is 49.9 Å². The van der Waals surface area contributed by atoms with E-state index in [-0.39, 0.29) is 16.8 Å². The summed E-state index contributed by atoms with van der Waals surface area (Å²) in [4.78, 5) is 14.3. The number of carbonyl (C=O) groups excluding carboxylic acids is 1. The number of esters is 1. The van der Waals surface area contributed by atoms with Gasteiger partial charge in [0.25, 0.3) is 10.0 Å². The minimum absolute atomic E-state index is 0.0890. The van der Waals surface area contributed by atoms with Gasteiger partial charge in [0.05, 0.1) is 12.5 Å². The van der Waals surface area contributed by atoms with Crippen LogP contribution in [-0.4, -0.2) is 44.8 Å². The van der Waals surface area contributed by atoms with Gasteiger partial charge in [-0.3, -0.25) is 4.79 Å². The lowest BCUT2D eigenvalue weighted by molar-refractivity contribution is -0.150. The average molecular weight is 348 g/mol. The third-order valence-electron chi connectivity index (χ3n) is 4.90. The molecule has 6 nitrogen and oxygen atoms in total.